The average Bonchev–Trinajstić information content (AvgIpc) is 2.82. The Hall–Kier alpha value is -2.48. The number of rotatable bonds is 4. The van der Waals surface area contributed by atoms with E-state index in [0.717, 1.165) is 30.2 Å². The number of imide groups is 2. The van der Waals surface area contributed by atoms with Gasteiger partial charge in [-0.05, 0) is 37.0 Å². The van der Waals surface area contributed by atoms with Gasteiger partial charge in [0.2, 0.25) is 5.91 Å². The lowest BCUT2D eigenvalue weighted by Gasteiger charge is -2.34. The van der Waals surface area contributed by atoms with Crippen LogP contribution in [0.5, 0.6) is 0 Å². The molecular weight excluding hydrogens is 377 g/mol. The van der Waals surface area contributed by atoms with Crippen LogP contribution in [-0.2, 0) is 14.4 Å². The van der Waals surface area contributed by atoms with Crippen LogP contribution in [0.25, 0.3) is 0 Å². The van der Waals surface area contributed by atoms with Gasteiger partial charge in [0, 0.05) is 11.1 Å². The molecule has 1 aromatic rings. The Morgan fingerprint density at radius 2 is 1.93 bits per heavy atom. The number of benzene rings is 1. The Labute approximate surface area is 160 Å². The van der Waals surface area contributed by atoms with Crippen LogP contribution in [0.15, 0.2) is 18.2 Å². The first-order chi connectivity index (χ1) is 12.8. The van der Waals surface area contributed by atoms with Crippen molar-refractivity contribution in [2.75, 3.05) is 11.9 Å². The second kappa shape index (κ2) is 7.64. The van der Waals surface area contributed by atoms with E-state index in [1.165, 1.54) is 12.1 Å². The molecular formula is C18H19ClFN3O4. The summed E-state index contributed by atoms with van der Waals surface area (Å²) in [5.74, 6) is -3.38. The van der Waals surface area contributed by atoms with Gasteiger partial charge in [0.25, 0.3) is 0 Å². The minimum absolute atomic E-state index is 0.0915. The van der Waals surface area contributed by atoms with Crippen LogP contribution >= 0.6 is 11.6 Å². The van der Waals surface area contributed by atoms with Gasteiger partial charge in [-0.25, -0.2) is 14.1 Å². The first-order valence-corrected chi connectivity index (χ1v) is 9.11. The van der Waals surface area contributed by atoms with Crippen molar-refractivity contribution in [3.63, 3.8) is 0 Å². The van der Waals surface area contributed by atoms with Crippen molar-refractivity contribution in [3.8, 4) is 0 Å². The molecule has 1 aromatic carbocycles. The normalized spacial score (nSPS) is 23.1. The first kappa shape index (κ1) is 19.3. The van der Waals surface area contributed by atoms with Gasteiger partial charge in [0.15, 0.2) is 0 Å². The minimum Gasteiger partial charge on any atom is -0.322 e. The van der Waals surface area contributed by atoms with E-state index in [1.807, 2.05) is 6.92 Å². The predicted molar refractivity (Wildman–Crippen MR) is 95.4 cm³/mol. The molecule has 1 saturated heterocycles. The summed E-state index contributed by atoms with van der Waals surface area (Å²) >= 11 is 5.77. The largest absolute Gasteiger partial charge is 0.334 e. The fourth-order valence-corrected chi connectivity index (χ4v) is 3.73. The Balaban J connectivity index is 1.72. The molecule has 27 heavy (non-hydrogen) atoms. The monoisotopic (exact) mass is 395 g/mol. The number of urea groups is 1. The van der Waals surface area contributed by atoms with Gasteiger partial charge in [-0.3, -0.25) is 19.3 Å². The average molecular weight is 396 g/mol. The Bertz CT molecular complexity index is 816. The van der Waals surface area contributed by atoms with Crippen LogP contribution in [0, 0.1) is 11.7 Å². The van der Waals surface area contributed by atoms with Crippen LogP contribution in [0.4, 0.5) is 14.9 Å². The van der Waals surface area contributed by atoms with Crippen LogP contribution in [0.2, 0.25) is 5.02 Å². The maximum absolute atomic E-state index is 13.7. The molecule has 1 heterocycles. The number of hydrogen-bond acceptors (Lipinski definition) is 4. The quantitative estimate of drug-likeness (QED) is 0.627. The zero-order valence-corrected chi connectivity index (χ0v) is 15.5. The smallest absolute Gasteiger partial charge is 0.322 e. The van der Waals surface area contributed by atoms with Gasteiger partial charge in [0.1, 0.15) is 12.4 Å². The van der Waals surface area contributed by atoms with Crippen molar-refractivity contribution in [2.24, 2.45) is 5.92 Å². The number of carbonyl (C=O) groups is 4. The number of nitrogens with zero attached hydrogens (tertiary/aromatic N) is 2. The lowest BCUT2D eigenvalue weighted by Crippen LogP contribution is -2.46. The summed E-state index contributed by atoms with van der Waals surface area (Å²) in [6.45, 7) is 1.26. The number of halogens is 2. The van der Waals surface area contributed by atoms with Crippen LogP contribution in [-0.4, -0.2) is 46.1 Å². The molecule has 1 aliphatic carbocycles. The molecule has 144 valence electrons. The highest BCUT2D eigenvalue weighted by Gasteiger charge is 2.49. The zero-order chi connectivity index (χ0) is 19.7. The molecule has 2 fully saturated rings. The highest BCUT2D eigenvalue weighted by Crippen LogP contribution is 2.31. The molecule has 9 heteroatoms. The lowest BCUT2D eigenvalue weighted by atomic mass is 9.85. The molecule has 2 atom stereocenters. The molecule has 7 nitrogen and oxygen atoms in total. The van der Waals surface area contributed by atoms with Crippen molar-refractivity contribution >= 4 is 41.0 Å². The zero-order valence-electron chi connectivity index (χ0n) is 14.7. The summed E-state index contributed by atoms with van der Waals surface area (Å²) in [5, 5.41) is 2.48. The third kappa shape index (κ3) is 3.80. The van der Waals surface area contributed by atoms with Gasteiger partial charge >= 0.3 is 17.8 Å². The van der Waals surface area contributed by atoms with Crippen molar-refractivity contribution in [3.05, 3.63) is 29.0 Å². The molecule has 5 amide bonds. The molecule has 1 aliphatic heterocycles. The summed E-state index contributed by atoms with van der Waals surface area (Å²) in [5.41, 5.74) is -0.171. The molecule has 3 rings (SSSR count). The lowest BCUT2D eigenvalue weighted by molar-refractivity contribution is -0.145. The Kier molecular flexibility index (Phi) is 5.46. The second-order valence-corrected chi connectivity index (χ2v) is 7.29. The summed E-state index contributed by atoms with van der Waals surface area (Å²) in [6.07, 6.45) is 3.39. The van der Waals surface area contributed by atoms with E-state index in [9.17, 15) is 23.6 Å². The molecule has 2 aliphatic rings. The van der Waals surface area contributed by atoms with Crippen molar-refractivity contribution in [1.82, 2.24) is 9.80 Å². The number of amides is 5. The third-order valence-electron chi connectivity index (χ3n) is 4.99. The number of hydrogen-bond donors (Lipinski definition) is 1. The highest BCUT2D eigenvalue weighted by molar-refractivity contribution is 6.45. The third-order valence-corrected chi connectivity index (χ3v) is 5.22. The first-order valence-electron chi connectivity index (χ1n) is 8.73. The van der Waals surface area contributed by atoms with Crippen molar-refractivity contribution in [2.45, 2.75) is 38.6 Å². The van der Waals surface area contributed by atoms with Gasteiger partial charge in [-0.2, -0.15) is 0 Å². The van der Waals surface area contributed by atoms with Crippen molar-refractivity contribution < 1.29 is 23.6 Å². The fourth-order valence-electron chi connectivity index (χ4n) is 3.56. The molecule has 0 radical (unpaired) electrons. The van der Waals surface area contributed by atoms with Gasteiger partial charge in [-0.15, -0.1) is 0 Å². The molecule has 0 aromatic heterocycles. The van der Waals surface area contributed by atoms with Gasteiger partial charge in [-0.1, -0.05) is 31.4 Å². The fraction of sp³-hybridized carbons (Fsp3) is 0.444. The topological polar surface area (TPSA) is 86.8 Å². The number of nitrogens with one attached hydrogen (secondary N) is 1. The maximum Gasteiger partial charge on any atom is 0.334 e. The molecule has 0 spiro atoms. The van der Waals surface area contributed by atoms with E-state index in [2.05, 4.69) is 5.32 Å². The molecule has 1 N–H and O–H groups in total. The van der Waals surface area contributed by atoms with Crippen LogP contribution in [0.3, 0.4) is 0 Å². The van der Waals surface area contributed by atoms with E-state index in [4.69, 9.17) is 11.6 Å². The summed E-state index contributed by atoms with van der Waals surface area (Å²) < 4.78 is 13.7. The predicted octanol–water partition coefficient (Wildman–Crippen LogP) is 2.79. The summed E-state index contributed by atoms with van der Waals surface area (Å²) in [6, 6.07) is 2.47. The molecule has 0 bridgehead atoms. The van der Waals surface area contributed by atoms with Crippen LogP contribution in [0.1, 0.15) is 32.6 Å². The minimum atomic E-state index is -1.04. The van der Waals surface area contributed by atoms with E-state index < -0.39 is 36.1 Å². The summed E-state index contributed by atoms with van der Waals surface area (Å²) in [4.78, 5) is 50.9. The Morgan fingerprint density at radius 1 is 1.22 bits per heavy atom. The van der Waals surface area contributed by atoms with E-state index >= 15 is 0 Å². The second-order valence-electron chi connectivity index (χ2n) is 6.85. The van der Waals surface area contributed by atoms with Gasteiger partial charge < -0.3 is 5.32 Å². The highest BCUT2D eigenvalue weighted by atomic mass is 35.5. The molecule has 1 saturated carbocycles. The summed E-state index contributed by atoms with van der Waals surface area (Å²) in [7, 11) is 0. The van der Waals surface area contributed by atoms with E-state index in [1.54, 1.807) is 0 Å². The standard InChI is InChI=1S/C18H19ClFN3O4/c1-10-4-2-3-5-14(10)23-17(26)16(25)22(18(23)27)9-15(24)21-13-8-11(19)6-7-12(13)20/h6-8,10,14H,2-5,9H2,1H3,(H,21,24)/t10-,14+/m0/s1. The van der Waals surface area contributed by atoms with Crippen molar-refractivity contribution in [1.29, 1.82) is 0 Å². The van der Waals surface area contributed by atoms with Gasteiger partial charge in [0.05, 0.1) is 5.69 Å². The number of anilines is 1. The Morgan fingerprint density at radius 3 is 2.63 bits per heavy atom. The van der Waals surface area contributed by atoms with E-state index in [0.29, 0.717) is 11.3 Å². The maximum atomic E-state index is 13.7. The number of carbonyl (C=O) groups excluding carboxylic acids is 4. The molecule has 0 unspecified atom stereocenters. The van der Waals surface area contributed by atoms with E-state index in [-0.39, 0.29) is 22.7 Å². The SMILES string of the molecule is C[C@H]1CCCC[C@H]1N1C(=O)C(=O)N(CC(=O)Nc2cc(Cl)ccc2F)C1=O. The van der Waals surface area contributed by atoms with Crippen LogP contribution < -0.4 is 5.32 Å².